The van der Waals surface area contributed by atoms with Crippen LogP contribution in [-0.4, -0.2) is 22.6 Å². The van der Waals surface area contributed by atoms with Crippen molar-refractivity contribution in [2.75, 3.05) is 11.9 Å². The molecule has 2 rings (SSSR count). The van der Waals surface area contributed by atoms with Crippen molar-refractivity contribution in [1.82, 2.24) is 10.2 Å². The number of fused-ring (bicyclic) bond motifs is 1. The summed E-state index contributed by atoms with van der Waals surface area (Å²) in [6, 6.07) is 5.61. The number of hydrogen-bond donors (Lipinski definition) is 3. The van der Waals surface area contributed by atoms with E-state index in [4.69, 9.17) is 5.73 Å². The van der Waals surface area contributed by atoms with Crippen LogP contribution >= 0.6 is 12.4 Å². The lowest BCUT2D eigenvalue weighted by atomic mass is 9.92. The van der Waals surface area contributed by atoms with Gasteiger partial charge in [0.15, 0.2) is 0 Å². The van der Waals surface area contributed by atoms with E-state index in [1.54, 1.807) is 6.20 Å². The van der Waals surface area contributed by atoms with E-state index in [1.165, 1.54) is 0 Å². The average Bonchev–Trinajstić information content (AvgIpc) is 2.76. The summed E-state index contributed by atoms with van der Waals surface area (Å²) < 4.78 is 0. The van der Waals surface area contributed by atoms with Gasteiger partial charge in [-0.15, -0.1) is 12.4 Å². The predicted molar refractivity (Wildman–Crippen MR) is 74.8 cm³/mol. The Morgan fingerprint density at radius 1 is 1.50 bits per heavy atom. The number of nitrogens with two attached hydrogens (primary N) is 1. The first-order chi connectivity index (χ1) is 8.03. The highest BCUT2D eigenvalue weighted by molar-refractivity contribution is 5.96. The molecule has 0 aliphatic heterocycles. The molecule has 1 amide bonds. The Morgan fingerprint density at radius 3 is 2.89 bits per heavy atom. The average molecular weight is 269 g/mol. The summed E-state index contributed by atoms with van der Waals surface area (Å²) in [5.41, 5.74) is 6.63. The molecule has 4 N–H and O–H groups in total. The third-order valence-electron chi connectivity index (χ3n) is 2.82. The number of nitrogens with zero attached hydrogens (tertiary/aromatic N) is 1. The second-order valence-corrected chi connectivity index (χ2v) is 4.71. The van der Waals surface area contributed by atoms with Crippen molar-refractivity contribution in [3.63, 3.8) is 0 Å². The first-order valence-corrected chi connectivity index (χ1v) is 5.47. The molecule has 0 aliphatic rings. The number of rotatable bonds is 3. The van der Waals surface area contributed by atoms with E-state index in [2.05, 4.69) is 15.5 Å². The zero-order valence-electron chi connectivity index (χ0n) is 10.4. The summed E-state index contributed by atoms with van der Waals surface area (Å²) in [6.07, 6.45) is 1.74. The maximum absolute atomic E-state index is 11.9. The molecule has 0 fully saturated rings. The lowest BCUT2D eigenvalue weighted by Crippen LogP contribution is -2.37. The van der Waals surface area contributed by atoms with Gasteiger partial charge in [-0.3, -0.25) is 9.89 Å². The molecule has 2 aromatic rings. The highest BCUT2D eigenvalue weighted by Crippen LogP contribution is 2.20. The number of hydrogen-bond acceptors (Lipinski definition) is 3. The van der Waals surface area contributed by atoms with Gasteiger partial charge in [0.2, 0.25) is 5.91 Å². The molecule has 0 saturated heterocycles. The largest absolute Gasteiger partial charge is 0.329 e. The van der Waals surface area contributed by atoms with Crippen LogP contribution in [0.15, 0.2) is 24.4 Å². The fraction of sp³-hybridized carbons (Fsp3) is 0.333. The smallest absolute Gasteiger partial charge is 0.231 e. The van der Waals surface area contributed by atoms with Crippen molar-refractivity contribution in [2.45, 2.75) is 13.8 Å². The summed E-state index contributed by atoms with van der Waals surface area (Å²) in [5, 5.41) is 10.7. The highest BCUT2D eigenvalue weighted by atomic mass is 35.5. The van der Waals surface area contributed by atoms with E-state index in [9.17, 15) is 4.79 Å². The van der Waals surface area contributed by atoms with Crippen LogP contribution in [0.1, 0.15) is 13.8 Å². The van der Waals surface area contributed by atoms with Crippen molar-refractivity contribution < 1.29 is 4.79 Å². The van der Waals surface area contributed by atoms with Crippen LogP contribution in [0.2, 0.25) is 0 Å². The van der Waals surface area contributed by atoms with Crippen molar-refractivity contribution >= 4 is 34.9 Å². The molecule has 0 atom stereocenters. The lowest BCUT2D eigenvalue weighted by molar-refractivity contribution is -0.123. The van der Waals surface area contributed by atoms with Crippen LogP contribution in [0.25, 0.3) is 10.9 Å². The Bertz CT molecular complexity index is 550. The van der Waals surface area contributed by atoms with Gasteiger partial charge in [0.1, 0.15) is 0 Å². The fourth-order valence-electron chi connectivity index (χ4n) is 1.41. The minimum absolute atomic E-state index is 0. The van der Waals surface area contributed by atoms with Crippen molar-refractivity contribution in [3.8, 4) is 0 Å². The van der Waals surface area contributed by atoms with E-state index < -0.39 is 5.41 Å². The van der Waals surface area contributed by atoms with E-state index in [0.29, 0.717) is 6.54 Å². The molecule has 1 heterocycles. The molecule has 0 bridgehead atoms. The summed E-state index contributed by atoms with van der Waals surface area (Å²) in [4.78, 5) is 11.9. The number of benzene rings is 1. The van der Waals surface area contributed by atoms with E-state index in [0.717, 1.165) is 16.6 Å². The van der Waals surface area contributed by atoms with Crippen molar-refractivity contribution in [2.24, 2.45) is 11.1 Å². The van der Waals surface area contributed by atoms with E-state index in [1.807, 2.05) is 32.0 Å². The summed E-state index contributed by atoms with van der Waals surface area (Å²) >= 11 is 0. The van der Waals surface area contributed by atoms with Gasteiger partial charge in [-0.1, -0.05) is 0 Å². The van der Waals surface area contributed by atoms with Crippen LogP contribution in [0, 0.1) is 5.41 Å². The maximum atomic E-state index is 11.9. The normalized spacial score (nSPS) is 11.1. The molecule has 0 spiro atoms. The molecule has 98 valence electrons. The minimum atomic E-state index is -0.567. The second kappa shape index (κ2) is 5.37. The third kappa shape index (κ3) is 2.80. The Morgan fingerprint density at radius 2 is 2.22 bits per heavy atom. The molecule has 0 unspecified atom stereocenters. The van der Waals surface area contributed by atoms with Gasteiger partial charge in [0.25, 0.3) is 0 Å². The first kappa shape index (κ1) is 14.5. The van der Waals surface area contributed by atoms with Gasteiger partial charge in [0, 0.05) is 17.6 Å². The van der Waals surface area contributed by atoms with Crippen molar-refractivity contribution in [1.29, 1.82) is 0 Å². The standard InChI is InChI=1S/C12H16N4O.ClH/c1-12(2,7-13)11(17)15-9-4-3-8-6-14-16-10(8)5-9;/h3-6H,7,13H2,1-2H3,(H,14,16)(H,15,17);1H. The molecular formula is C12H17ClN4O. The maximum Gasteiger partial charge on any atom is 0.231 e. The molecule has 0 radical (unpaired) electrons. The van der Waals surface area contributed by atoms with Crippen LogP contribution < -0.4 is 11.1 Å². The quantitative estimate of drug-likeness (QED) is 0.795. The molecule has 0 aliphatic carbocycles. The second-order valence-electron chi connectivity index (χ2n) is 4.71. The Labute approximate surface area is 112 Å². The Balaban J connectivity index is 0.00000162. The van der Waals surface area contributed by atoms with Gasteiger partial charge in [-0.25, -0.2) is 0 Å². The van der Waals surface area contributed by atoms with Gasteiger partial charge < -0.3 is 11.1 Å². The van der Waals surface area contributed by atoms with Gasteiger partial charge in [-0.05, 0) is 32.0 Å². The molecule has 0 saturated carbocycles. The monoisotopic (exact) mass is 268 g/mol. The Hall–Kier alpha value is -1.59. The van der Waals surface area contributed by atoms with Crippen molar-refractivity contribution in [3.05, 3.63) is 24.4 Å². The zero-order valence-corrected chi connectivity index (χ0v) is 11.2. The predicted octanol–water partition coefficient (Wildman–Crippen LogP) is 1.91. The van der Waals surface area contributed by atoms with Gasteiger partial charge in [-0.2, -0.15) is 5.10 Å². The van der Waals surface area contributed by atoms with E-state index in [-0.39, 0.29) is 18.3 Å². The SMILES string of the molecule is CC(C)(CN)C(=O)Nc1ccc2cn[nH]c2c1.Cl. The molecule has 5 nitrogen and oxygen atoms in total. The van der Waals surface area contributed by atoms with Gasteiger partial charge in [0.05, 0.1) is 17.1 Å². The lowest BCUT2D eigenvalue weighted by Gasteiger charge is -2.21. The number of carbonyl (C=O) groups is 1. The number of H-pyrrole nitrogens is 1. The first-order valence-electron chi connectivity index (χ1n) is 5.47. The number of nitrogens with one attached hydrogen (secondary N) is 2. The fourth-order valence-corrected chi connectivity index (χ4v) is 1.41. The molecule has 6 heteroatoms. The number of anilines is 1. The van der Waals surface area contributed by atoms with Crippen LogP contribution in [-0.2, 0) is 4.79 Å². The molecule has 18 heavy (non-hydrogen) atoms. The number of halogens is 1. The number of aromatic amines is 1. The van der Waals surface area contributed by atoms with Crippen LogP contribution in [0.3, 0.4) is 0 Å². The van der Waals surface area contributed by atoms with Crippen LogP contribution in [0.4, 0.5) is 5.69 Å². The summed E-state index contributed by atoms with van der Waals surface area (Å²) in [7, 11) is 0. The summed E-state index contributed by atoms with van der Waals surface area (Å²) in [6.45, 7) is 3.94. The zero-order chi connectivity index (χ0) is 12.5. The molecule has 1 aromatic heterocycles. The number of carbonyl (C=O) groups excluding carboxylic acids is 1. The number of aromatic nitrogens is 2. The van der Waals surface area contributed by atoms with Gasteiger partial charge >= 0.3 is 0 Å². The Kier molecular flexibility index (Phi) is 4.32. The third-order valence-corrected chi connectivity index (χ3v) is 2.82. The number of amides is 1. The highest BCUT2D eigenvalue weighted by Gasteiger charge is 2.25. The van der Waals surface area contributed by atoms with E-state index >= 15 is 0 Å². The minimum Gasteiger partial charge on any atom is -0.329 e. The molecular weight excluding hydrogens is 252 g/mol. The summed E-state index contributed by atoms with van der Waals surface area (Å²) in [5.74, 6) is -0.0844. The van der Waals surface area contributed by atoms with Crippen LogP contribution in [0.5, 0.6) is 0 Å². The molecule has 1 aromatic carbocycles. The topological polar surface area (TPSA) is 83.8 Å².